The van der Waals surface area contributed by atoms with Gasteiger partial charge in [-0.1, -0.05) is 36.0 Å². The molecular weight excluding hydrogens is 335 g/mol. The van der Waals surface area contributed by atoms with Gasteiger partial charge in [-0.25, -0.2) is 8.42 Å². The van der Waals surface area contributed by atoms with Gasteiger partial charge in [0.15, 0.2) is 0 Å². The first kappa shape index (κ1) is 16.8. The number of aliphatic hydroxyl groups excluding tert-OH is 1. The number of benzene rings is 1. The second-order valence-electron chi connectivity index (χ2n) is 5.25. The summed E-state index contributed by atoms with van der Waals surface area (Å²) in [6.07, 6.45) is 2.30. The molecule has 1 aliphatic rings. The first-order valence-corrected chi connectivity index (χ1v) is 8.85. The Hall–Kier alpha value is -0.530. The van der Waals surface area contributed by atoms with Crippen molar-refractivity contribution in [2.45, 2.75) is 42.7 Å². The number of nitrogens with two attached hydrogens (primary N) is 1. The van der Waals surface area contributed by atoms with Crippen molar-refractivity contribution in [3.05, 3.63) is 22.2 Å². The Morgan fingerprint density at radius 1 is 1.24 bits per heavy atom. The van der Waals surface area contributed by atoms with E-state index >= 15 is 0 Å². The lowest BCUT2D eigenvalue weighted by Gasteiger charge is -2.34. The Morgan fingerprint density at radius 3 is 2.29 bits per heavy atom. The van der Waals surface area contributed by atoms with Crippen molar-refractivity contribution in [2.24, 2.45) is 0 Å². The number of likely N-dealkylation sites (N-methyl/N-ethyl adjacent to an activating group) is 1. The van der Waals surface area contributed by atoms with E-state index in [2.05, 4.69) is 0 Å². The zero-order valence-corrected chi connectivity index (χ0v) is 13.9. The van der Waals surface area contributed by atoms with E-state index in [0.29, 0.717) is 18.5 Å². The maximum absolute atomic E-state index is 12.7. The van der Waals surface area contributed by atoms with Crippen molar-refractivity contribution in [1.29, 1.82) is 0 Å². The van der Waals surface area contributed by atoms with Crippen LogP contribution in [0, 0.1) is 0 Å². The standard InChI is InChI=1S/C13H18Cl2N2O3S/c1-17(11-4-2-3-5-12(11)18)21(19,20)13-9(14)6-8(16)7-10(13)15/h6-7,11-12,18H,2-5,16H2,1H3. The van der Waals surface area contributed by atoms with Crippen LogP contribution in [0.25, 0.3) is 0 Å². The molecule has 1 saturated carbocycles. The molecule has 0 radical (unpaired) electrons. The summed E-state index contributed by atoms with van der Waals surface area (Å²) in [6, 6.07) is 2.24. The molecule has 8 heteroatoms. The highest BCUT2D eigenvalue weighted by Gasteiger charge is 2.36. The lowest BCUT2D eigenvalue weighted by Crippen LogP contribution is -2.46. The molecule has 0 bridgehead atoms. The molecule has 1 aromatic carbocycles. The molecule has 2 unspecified atom stereocenters. The number of rotatable bonds is 3. The summed E-state index contributed by atoms with van der Waals surface area (Å²) in [6.45, 7) is 0. The van der Waals surface area contributed by atoms with E-state index in [1.807, 2.05) is 0 Å². The van der Waals surface area contributed by atoms with Crippen LogP contribution >= 0.6 is 23.2 Å². The van der Waals surface area contributed by atoms with E-state index in [0.717, 1.165) is 12.8 Å². The average molecular weight is 353 g/mol. The lowest BCUT2D eigenvalue weighted by atomic mass is 9.93. The van der Waals surface area contributed by atoms with Gasteiger partial charge in [0.1, 0.15) is 4.90 Å². The van der Waals surface area contributed by atoms with Crippen LogP contribution in [0.1, 0.15) is 25.7 Å². The van der Waals surface area contributed by atoms with Gasteiger partial charge in [-0.2, -0.15) is 4.31 Å². The molecule has 118 valence electrons. The van der Waals surface area contributed by atoms with Crippen molar-refractivity contribution in [2.75, 3.05) is 12.8 Å². The van der Waals surface area contributed by atoms with Crippen LogP contribution in [0.15, 0.2) is 17.0 Å². The van der Waals surface area contributed by atoms with E-state index in [1.165, 1.54) is 23.5 Å². The summed E-state index contributed by atoms with van der Waals surface area (Å²) < 4.78 is 26.6. The summed E-state index contributed by atoms with van der Waals surface area (Å²) in [5, 5.41) is 10.0. The maximum atomic E-state index is 12.7. The zero-order valence-electron chi connectivity index (χ0n) is 11.6. The first-order chi connectivity index (χ1) is 9.75. The predicted molar refractivity (Wildman–Crippen MR) is 84.1 cm³/mol. The zero-order chi connectivity index (χ0) is 15.8. The topological polar surface area (TPSA) is 83.6 Å². The van der Waals surface area contributed by atoms with Gasteiger partial charge < -0.3 is 10.8 Å². The van der Waals surface area contributed by atoms with Crippen LogP contribution in [0.5, 0.6) is 0 Å². The summed E-state index contributed by atoms with van der Waals surface area (Å²) in [7, 11) is -2.45. The molecular formula is C13H18Cl2N2O3S. The lowest BCUT2D eigenvalue weighted by molar-refractivity contribution is 0.0638. The highest BCUT2D eigenvalue weighted by Crippen LogP contribution is 2.35. The Labute approximate surface area is 134 Å². The third kappa shape index (κ3) is 3.29. The van der Waals surface area contributed by atoms with E-state index in [1.54, 1.807) is 0 Å². The highest BCUT2D eigenvalue weighted by molar-refractivity contribution is 7.89. The quantitative estimate of drug-likeness (QED) is 0.818. The van der Waals surface area contributed by atoms with E-state index in [4.69, 9.17) is 28.9 Å². The Balaban J connectivity index is 2.42. The fourth-order valence-electron chi connectivity index (χ4n) is 2.66. The molecule has 21 heavy (non-hydrogen) atoms. The van der Waals surface area contributed by atoms with E-state index in [9.17, 15) is 13.5 Å². The molecule has 0 saturated heterocycles. The number of aliphatic hydroxyl groups is 1. The van der Waals surface area contributed by atoms with E-state index < -0.39 is 22.2 Å². The van der Waals surface area contributed by atoms with Gasteiger partial charge in [-0.15, -0.1) is 0 Å². The van der Waals surface area contributed by atoms with Crippen LogP contribution in [0.2, 0.25) is 10.0 Å². The number of hydrogen-bond donors (Lipinski definition) is 2. The van der Waals surface area contributed by atoms with Gasteiger partial charge in [-0.3, -0.25) is 0 Å². The highest BCUT2D eigenvalue weighted by atomic mass is 35.5. The van der Waals surface area contributed by atoms with Crippen LogP contribution in [0.4, 0.5) is 5.69 Å². The Morgan fingerprint density at radius 2 is 1.76 bits per heavy atom. The SMILES string of the molecule is CN(C1CCCCC1O)S(=O)(=O)c1c(Cl)cc(N)cc1Cl. The molecule has 2 atom stereocenters. The minimum atomic E-state index is -3.90. The van der Waals surface area contributed by atoms with Crippen molar-refractivity contribution in [1.82, 2.24) is 4.31 Å². The van der Waals surface area contributed by atoms with Crippen molar-refractivity contribution < 1.29 is 13.5 Å². The van der Waals surface area contributed by atoms with Gasteiger partial charge in [0, 0.05) is 12.7 Å². The number of nitrogen functional groups attached to an aromatic ring is 1. The number of halogens is 2. The molecule has 0 amide bonds. The monoisotopic (exact) mass is 352 g/mol. The molecule has 0 aliphatic heterocycles. The normalized spacial score (nSPS) is 23.5. The van der Waals surface area contributed by atoms with Crippen LogP contribution < -0.4 is 5.73 Å². The fraction of sp³-hybridized carbons (Fsp3) is 0.538. The molecule has 0 spiro atoms. The minimum Gasteiger partial charge on any atom is -0.399 e. The van der Waals surface area contributed by atoms with Crippen LogP contribution in [0.3, 0.4) is 0 Å². The summed E-state index contributed by atoms with van der Waals surface area (Å²) in [5.74, 6) is 0. The van der Waals surface area contributed by atoms with Gasteiger partial charge in [-0.05, 0) is 25.0 Å². The minimum absolute atomic E-state index is 0.0165. The number of sulfonamides is 1. The molecule has 2 rings (SSSR count). The molecule has 3 N–H and O–H groups in total. The van der Waals surface area contributed by atoms with Crippen LogP contribution in [-0.2, 0) is 10.0 Å². The van der Waals surface area contributed by atoms with Gasteiger partial charge >= 0.3 is 0 Å². The molecule has 1 aliphatic carbocycles. The number of anilines is 1. The second kappa shape index (κ2) is 6.30. The fourth-order valence-corrected chi connectivity index (χ4v) is 5.25. The number of hydrogen-bond acceptors (Lipinski definition) is 4. The van der Waals surface area contributed by atoms with E-state index in [-0.39, 0.29) is 14.9 Å². The van der Waals surface area contributed by atoms with Crippen LogP contribution in [-0.4, -0.2) is 37.0 Å². The summed E-state index contributed by atoms with van der Waals surface area (Å²) in [4.78, 5) is -0.166. The van der Waals surface area contributed by atoms with Gasteiger partial charge in [0.2, 0.25) is 10.0 Å². The molecule has 5 nitrogen and oxygen atoms in total. The molecule has 0 heterocycles. The summed E-state index contributed by atoms with van der Waals surface area (Å²) in [5.41, 5.74) is 5.89. The third-order valence-corrected chi connectivity index (χ3v) is 6.62. The average Bonchev–Trinajstić information content (AvgIpc) is 2.36. The summed E-state index contributed by atoms with van der Waals surface area (Å²) >= 11 is 12.0. The first-order valence-electron chi connectivity index (χ1n) is 6.65. The Bertz CT molecular complexity index is 613. The predicted octanol–water partition coefficient (Wildman–Crippen LogP) is 2.50. The second-order valence-corrected chi connectivity index (χ2v) is 8.00. The van der Waals surface area contributed by atoms with Crippen molar-refractivity contribution in [3.8, 4) is 0 Å². The molecule has 0 aromatic heterocycles. The van der Waals surface area contributed by atoms with Gasteiger partial charge in [0.05, 0.1) is 22.2 Å². The molecule has 1 aromatic rings. The maximum Gasteiger partial charge on any atom is 0.246 e. The van der Waals surface area contributed by atoms with Crippen molar-refractivity contribution >= 4 is 38.9 Å². The van der Waals surface area contributed by atoms with Crippen molar-refractivity contribution in [3.63, 3.8) is 0 Å². The Kier molecular flexibility index (Phi) is 5.05. The largest absolute Gasteiger partial charge is 0.399 e. The third-order valence-electron chi connectivity index (χ3n) is 3.82. The number of nitrogens with zero attached hydrogens (tertiary/aromatic N) is 1. The van der Waals surface area contributed by atoms with Gasteiger partial charge in [0.25, 0.3) is 0 Å². The smallest absolute Gasteiger partial charge is 0.246 e. The molecule has 1 fully saturated rings.